The quantitative estimate of drug-likeness (QED) is 0.223. The minimum Gasteiger partial charge on any atom is -0.496 e. The predicted octanol–water partition coefficient (Wildman–Crippen LogP) is 2.73. The summed E-state index contributed by atoms with van der Waals surface area (Å²) >= 11 is 0. The molecule has 2 aromatic carbocycles. The van der Waals surface area contributed by atoms with Crippen molar-refractivity contribution in [2.24, 2.45) is 13.0 Å². The van der Waals surface area contributed by atoms with Crippen LogP contribution in [0.3, 0.4) is 0 Å². The molecule has 0 saturated carbocycles. The van der Waals surface area contributed by atoms with Crippen molar-refractivity contribution in [1.82, 2.24) is 29.6 Å². The minimum atomic E-state index is -0.974. The van der Waals surface area contributed by atoms with E-state index in [2.05, 4.69) is 25.0 Å². The van der Waals surface area contributed by atoms with Gasteiger partial charge in [-0.05, 0) is 67.3 Å². The minimum absolute atomic E-state index is 0.0914. The van der Waals surface area contributed by atoms with Crippen molar-refractivity contribution in [3.63, 3.8) is 0 Å². The average molecular weight is 777 g/mol. The number of hydrogen-bond acceptors (Lipinski definition) is 12. The number of amides is 4. The van der Waals surface area contributed by atoms with Gasteiger partial charge in [0.15, 0.2) is 0 Å². The molecule has 2 aromatic heterocycles. The highest BCUT2D eigenvalue weighted by molar-refractivity contribution is 6.23. The third kappa shape index (κ3) is 7.10. The molecule has 1 N–H and O–H groups in total. The second-order valence-corrected chi connectivity index (χ2v) is 15.7. The monoisotopic (exact) mass is 776 g/mol. The van der Waals surface area contributed by atoms with E-state index in [0.717, 1.165) is 102 Å². The Kier molecular flexibility index (Phi) is 10.2. The SMILES string of the molecule is COc1cc(-c2cn(C)c(=O)c3cnc(N(C)C)cc23)cc(OC)c1CN1CC(CCN2CCN(c3ccc4c(c3)C(=O)N(C3CCC(=O)NC3=O)C4=O)CC2)C1. The first-order valence-corrected chi connectivity index (χ1v) is 19.4. The van der Waals surface area contributed by atoms with Crippen LogP contribution in [-0.2, 0) is 23.2 Å². The highest BCUT2D eigenvalue weighted by Crippen LogP contribution is 2.39. The first-order chi connectivity index (χ1) is 27.4. The second-order valence-electron chi connectivity index (χ2n) is 15.7. The number of hydrogen-bond donors (Lipinski definition) is 1. The standard InChI is InChI=1S/C42H48N8O7/c1-45(2)37-19-29-31(20-43-37)40(53)46(3)23-32(29)26-16-35(56-4)33(36(17-26)57-5)24-48-21-25(22-48)10-11-47-12-14-49(15-13-47)27-6-7-28-30(18-27)42(55)50(41(28)54)34-8-9-38(51)44-39(34)52/h6-7,16-20,23,25,34H,8-15,21-22,24H2,1-5H3,(H,44,51,52). The van der Waals surface area contributed by atoms with Gasteiger partial charge in [-0.2, -0.15) is 0 Å². The van der Waals surface area contributed by atoms with Crippen LogP contribution in [0.15, 0.2) is 53.6 Å². The third-order valence-corrected chi connectivity index (χ3v) is 11.9. The molecular formula is C42H48N8O7. The van der Waals surface area contributed by atoms with E-state index in [-0.39, 0.29) is 18.4 Å². The fraction of sp³-hybridized carbons (Fsp3) is 0.429. The molecule has 0 spiro atoms. The third-order valence-electron chi connectivity index (χ3n) is 11.9. The molecule has 1 atom stereocenters. The maximum absolute atomic E-state index is 13.3. The van der Waals surface area contributed by atoms with Crippen LogP contribution in [0.1, 0.15) is 45.5 Å². The Morgan fingerprint density at radius 1 is 0.842 bits per heavy atom. The number of nitrogens with zero attached hydrogens (tertiary/aromatic N) is 7. The number of aromatic nitrogens is 2. The Labute approximate surface area is 330 Å². The maximum Gasteiger partial charge on any atom is 0.262 e. The number of piperazine rings is 1. The zero-order valence-corrected chi connectivity index (χ0v) is 33.0. The summed E-state index contributed by atoms with van der Waals surface area (Å²) in [6.07, 6.45) is 4.83. The number of anilines is 2. The van der Waals surface area contributed by atoms with E-state index in [1.807, 2.05) is 49.5 Å². The van der Waals surface area contributed by atoms with Crippen LogP contribution in [0.2, 0.25) is 0 Å². The fourth-order valence-corrected chi connectivity index (χ4v) is 8.58. The van der Waals surface area contributed by atoms with Gasteiger partial charge in [-0.1, -0.05) is 0 Å². The molecule has 3 fully saturated rings. The van der Waals surface area contributed by atoms with Crippen molar-refractivity contribution in [1.29, 1.82) is 0 Å². The number of rotatable bonds is 11. The number of carbonyl (C=O) groups excluding carboxylic acids is 4. The van der Waals surface area contributed by atoms with Gasteiger partial charge in [-0.25, -0.2) is 4.98 Å². The number of pyridine rings is 2. The van der Waals surface area contributed by atoms with Crippen LogP contribution >= 0.6 is 0 Å². The molecule has 4 aliphatic rings. The van der Waals surface area contributed by atoms with Crippen LogP contribution in [0.25, 0.3) is 21.9 Å². The van der Waals surface area contributed by atoms with Gasteiger partial charge in [0.1, 0.15) is 23.4 Å². The molecule has 4 aromatic rings. The van der Waals surface area contributed by atoms with Gasteiger partial charge in [-0.15, -0.1) is 0 Å². The topological polar surface area (TPSA) is 150 Å². The Morgan fingerprint density at radius 3 is 2.21 bits per heavy atom. The zero-order valence-electron chi connectivity index (χ0n) is 33.0. The van der Waals surface area contributed by atoms with Gasteiger partial charge in [0, 0.05) is 102 Å². The van der Waals surface area contributed by atoms with Gasteiger partial charge in [0.25, 0.3) is 17.4 Å². The number of nitrogens with one attached hydrogen (secondary N) is 1. The number of ether oxygens (including phenoxy) is 2. The van der Waals surface area contributed by atoms with E-state index in [1.54, 1.807) is 44.2 Å². The van der Waals surface area contributed by atoms with E-state index >= 15 is 0 Å². The van der Waals surface area contributed by atoms with Gasteiger partial charge in [-0.3, -0.25) is 44.0 Å². The molecule has 15 heteroatoms. The average Bonchev–Trinajstić information content (AvgIpc) is 3.44. The second kappa shape index (κ2) is 15.3. The fourth-order valence-electron chi connectivity index (χ4n) is 8.58. The molecular weight excluding hydrogens is 729 g/mol. The Hall–Kier alpha value is -5.80. The molecule has 0 bridgehead atoms. The number of imide groups is 2. The summed E-state index contributed by atoms with van der Waals surface area (Å²) < 4.78 is 13.5. The zero-order chi connectivity index (χ0) is 40.1. The first kappa shape index (κ1) is 38.1. The molecule has 4 aliphatic heterocycles. The van der Waals surface area contributed by atoms with Gasteiger partial charge < -0.3 is 23.8 Å². The number of carbonyl (C=O) groups is 4. The van der Waals surface area contributed by atoms with Crippen molar-refractivity contribution >= 4 is 45.9 Å². The lowest BCUT2D eigenvalue weighted by Crippen LogP contribution is -2.54. The smallest absolute Gasteiger partial charge is 0.262 e. The number of fused-ring (bicyclic) bond motifs is 2. The summed E-state index contributed by atoms with van der Waals surface area (Å²) in [4.78, 5) is 78.1. The van der Waals surface area contributed by atoms with Crippen molar-refractivity contribution in [2.45, 2.75) is 31.8 Å². The van der Waals surface area contributed by atoms with Gasteiger partial charge >= 0.3 is 0 Å². The number of likely N-dealkylation sites (tertiary alicyclic amines) is 1. The summed E-state index contributed by atoms with van der Waals surface area (Å²) in [5, 5.41) is 3.61. The summed E-state index contributed by atoms with van der Waals surface area (Å²) in [7, 11) is 8.95. The lowest BCUT2D eigenvalue weighted by atomic mass is 9.94. The normalized spacial score (nSPS) is 19.2. The van der Waals surface area contributed by atoms with Crippen LogP contribution in [0.5, 0.6) is 11.5 Å². The molecule has 298 valence electrons. The van der Waals surface area contributed by atoms with Crippen molar-refractivity contribution in [2.75, 3.05) is 83.9 Å². The van der Waals surface area contributed by atoms with E-state index < -0.39 is 29.7 Å². The number of methoxy groups -OCH3 is 2. The molecule has 0 aliphatic carbocycles. The lowest BCUT2D eigenvalue weighted by molar-refractivity contribution is -0.136. The summed E-state index contributed by atoms with van der Waals surface area (Å²) in [6, 6.07) is 10.3. The van der Waals surface area contributed by atoms with Crippen LogP contribution in [-0.4, -0.2) is 128 Å². The molecule has 57 heavy (non-hydrogen) atoms. The van der Waals surface area contributed by atoms with E-state index in [0.29, 0.717) is 29.0 Å². The molecule has 15 nitrogen and oxygen atoms in total. The molecule has 0 radical (unpaired) electrons. The number of aryl methyl sites for hydroxylation is 1. The van der Waals surface area contributed by atoms with Crippen LogP contribution < -0.4 is 30.1 Å². The molecule has 8 rings (SSSR count). The Balaban J connectivity index is 0.857. The molecule has 3 saturated heterocycles. The lowest BCUT2D eigenvalue weighted by Gasteiger charge is -2.42. The van der Waals surface area contributed by atoms with E-state index in [1.165, 1.54) is 0 Å². The van der Waals surface area contributed by atoms with E-state index in [9.17, 15) is 24.0 Å². The Morgan fingerprint density at radius 2 is 1.54 bits per heavy atom. The van der Waals surface area contributed by atoms with E-state index in [4.69, 9.17) is 9.47 Å². The molecule has 1 unspecified atom stereocenters. The summed E-state index contributed by atoms with van der Waals surface area (Å²) in [5.41, 5.74) is 4.15. The Bertz CT molecular complexity index is 2320. The first-order valence-electron chi connectivity index (χ1n) is 19.4. The maximum atomic E-state index is 13.3. The summed E-state index contributed by atoms with van der Waals surface area (Å²) in [6.45, 7) is 7.05. The van der Waals surface area contributed by atoms with Gasteiger partial charge in [0.2, 0.25) is 11.8 Å². The largest absolute Gasteiger partial charge is 0.496 e. The number of piperidine rings is 1. The van der Waals surface area contributed by atoms with Crippen molar-refractivity contribution < 1.29 is 28.7 Å². The number of benzene rings is 2. The molecule has 6 heterocycles. The highest BCUT2D eigenvalue weighted by Gasteiger charge is 2.45. The predicted molar refractivity (Wildman–Crippen MR) is 215 cm³/mol. The highest BCUT2D eigenvalue weighted by atomic mass is 16.5. The summed E-state index contributed by atoms with van der Waals surface area (Å²) in [5.74, 6) is 0.846. The van der Waals surface area contributed by atoms with Crippen LogP contribution in [0.4, 0.5) is 11.5 Å². The van der Waals surface area contributed by atoms with Crippen molar-refractivity contribution in [3.05, 3.63) is 75.8 Å². The van der Waals surface area contributed by atoms with Crippen LogP contribution in [0, 0.1) is 5.92 Å². The van der Waals surface area contributed by atoms with Crippen molar-refractivity contribution in [3.8, 4) is 22.6 Å². The van der Waals surface area contributed by atoms with Gasteiger partial charge in [0.05, 0.1) is 36.3 Å². The molecule has 4 amide bonds.